The molecule has 5 aliphatic rings. The van der Waals surface area contributed by atoms with E-state index in [1.807, 2.05) is 11.9 Å². The molecule has 3 saturated heterocycles. The van der Waals surface area contributed by atoms with Gasteiger partial charge in [-0.2, -0.15) is 0 Å². The Balaban J connectivity index is 1.16. The first kappa shape index (κ1) is 24.3. The minimum atomic E-state index is -0.456. The van der Waals surface area contributed by atoms with E-state index in [9.17, 15) is 14.4 Å². The van der Waals surface area contributed by atoms with Crippen molar-refractivity contribution in [2.75, 3.05) is 13.6 Å². The minimum absolute atomic E-state index is 0.0367. The number of imide groups is 1. The van der Waals surface area contributed by atoms with Crippen molar-refractivity contribution in [1.29, 1.82) is 0 Å². The number of thioether (sulfide) groups is 1. The van der Waals surface area contributed by atoms with Crippen molar-refractivity contribution in [3.8, 4) is 0 Å². The maximum atomic E-state index is 13.4. The van der Waals surface area contributed by atoms with E-state index in [0.717, 1.165) is 32.2 Å². The Bertz CT molecular complexity index is 810. The Kier molecular flexibility index (Phi) is 7.12. The highest BCUT2D eigenvalue weighted by atomic mass is 32.2. The molecule has 3 heterocycles. The van der Waals surface area contributed by atoms with Gasteiger partial charge < -0.3 is 15.5 Å². The van der Waals surface area contributed by atoms with Crippen LogP contribution in [0.4, 0.5) is 4.79 Å². The normalized spacial score (nSPS) is 42.7. The van der Waals surface area contributed by atoms with Crippen LogP contribution in [-0.4, -0.2) is 59.3 Å². The number of carbonyl (C=O) groups excluding carboxylic acids is 3. The molecule has 9 unspecified atom stereocenters. The van der Waals surface area contributed by atoms with E-state index in [-0.39, 0.29) is 35.1 Å². The Morgan fingerprint density at radius 1 is 1.03 bits per heavy atom. The average Bonchev–Trinajstić information content (AvgIpc) is 3.56. The molecule has 0 spiro atoms. The summed E-state index contributed by atoms with van der Waals surface area (Å²) in [7, 11) is 1.96. The van der Waals surface area contributed by atoms with Gasteiger partial charge >= 0.3 is 6.03 Å². The molecule has 0 aromatic heterocycles. The molecule has 2 saturated carbocycles. The Morgan fingerprint density at radius 2 is 1.82 bits per heavy atom. The van der Waals surface area contributed by atoms with Crippen LogP contribution in [0, 0.1) is 35.5 Å². The predicted molar refractivity (Wildman–Crippen MR) is 131 cm³/mol. The molecule has 9 atom stereocenters. The van der Waals surface area contributed by atoms with Crippen molar-refractivity contribution in [1.82, 2.24) is 31.7 Å². The third kappa shape index (κ3) is 5.10. The van der Waals surface area contributed by atoms with Crippen molar-refractivity contribution in [2.24, 2.45) is 35.5 Å². The number of urea groups is 1. The first-order valence-electron chi connectivity index (χ1n) is 13.1. The van der Waals surface area contributed by atoms with Crippen molar-refractivity contribution in [2.45, 2.75) is 81.7 Å². The number of nitrogens with zero attached hydrogens (tertiary/aromatic N) is 1. The zero-order valence-corrected chi connectivity index (χ0v) is 21.3. The summed E-state index contributed by atoms with van der Waals surface area (Å²) in [5.74, 6) is 1.48. The first-order valence-corrected chi connectivity index (χ1v) is 14.0. The predicted octanol–water partition coefficient (Wildman–Crippen LogP) is 1.57. The largest absolute Gasteiger partial charge is 0.342 e. The standard InChI is InChI=1S/C24H40N6O3S/c1-12-4-5-15(20(31)26-23(33)27-24-29-28-21(34-24)14-6-7-14)9-17(12)18-10-16-11-25-13(2)8-19(16)30(3)22(18)32/h12-19,21,24-25,28-29H,4-11H2,1-3H3,(H2,26,27,31,33). The Morgan fingerprint density at radius 3 is 2.59 bits per heavy atom. The van der Waals surface area contributed by atoms with Gasteiger partial charge in [-0.1, -0.05) is 18.7 Å². The van der Waals surface area contributed by atoms with E-state index in [1.165, 1.54) is 12.8 Å². The number of amides is 4. The number of hydrazine groups is 1. The molecule has 9 nitrogen and oxygen atoms in total. The van der Waals surface area contributed by atoms with Gasteiger partial charge in [0.25, 0.3) is 0 Å². The van der Waals surface area contributed by atoms with E-state index in [2.05, 4.69) is 40.6 Å². The summed E-state index contributed by atoms with van der Waals surface area (Å²) in [6.45, 7) is 5.36. The van der Waals surface area contributed by atoms with E-state index >= 15 is 0 Å². The highest BCUT2D eigenvalue weighted by molar-refractivity contribution is 8.00. The zero-order valence-electron chi connectivity index (χ0n) is 20.5. The molecular formula is C24H40N6O3S. The zero-order chi connectivity index (χ0) is 24.0. The van der Waals surface area contributed by atoms with Crippen molar-refractivity contribution in [3.05, 3.63) is 0 Å². The van der Waals surface area contributed by atoms with Gasteiger partial charge in [0.1, 0.15) is 5.50 Å². The molecule has 2 aliphatic carbocycles. The number of piperidine rings is 2. The lowest BCUT2D eigenvalue weighted by molar-refractivity contribution is -0.149. The molecule has 190 valence electrons. The molecule has 0 aromatic rings. The fourth-order valence-electron chi connectivity index (χ4n) is 6.65. The second-order valence-corrected chi connectivity index (χ2v) is 12.6. The number of hydrogen-bond acceptors (Lipinski definition) is 7. The molecule has 4 amide bonds. The summed E-state index contributed by atoms with van der Waals surface area (Å²) >= 11 is 1.65. The second kappa shape index (κ2) is 9.95. The second-order valence-electron chi connectivity index (χ2n) is 11.3. The van der Waals surface area contributed by atoms with E-state index in [4.69, 9.17) is 0 Å². The maximum absolute atomic E-state index is 13.4. The average molecular weight is 493 g/mol. The number of hydrogen-bond donors (Lipinski definition) is 5. The molecule has 0 bridgehead atoms. The van der Waals surface area contributed by atoms with Crippen molar-refractivity contribution < 1.29 is 14.4 Å². The molecule has 34 heavy (non-hydrogen) atoms. The quantitative estimate of drug-likeness (QED) is 0.405. The minimum Gasteiger partial charge on any atom is -0.342 e. The Hall–Kier alpha value is -1.36. The van der Waals surface area contributed by atoms with Gasteiger partial charge in [0.15, 0.2) is 0 Å². The van der Waals surface area contributed by atoms with Crippen LogP contribution in [0.15, 0.2) is 0 Å². The van der Waals surface area contributed by atoms with Crippen LogP contribution in [0.5, 0.6) is 0 Å². The van der Waals surface area contributed by atoms with E-state index in [0.29, 0.717) is 41.6 Å². The van der Waals surface area contributed by atoms with Crippen molar-refractivity contribution in [3.63, 3.8) is 0 Å². The first-order chi connectivity index (χ1) is 16.3. The van der Waals surface area contributed by atoms with Crippen LogP contribution in [0.2, 0.25) is 0 Å². The SMILES string of the molecule is CC1CC2C(CN1)CC(C1CC(C(=O)NC(=O)NC3NNC(C4CC4)S3)CCC1C)C(=O)N2C. The number of nitrogens with one attached hydrogen (secondary N) is 5. The van der Waals surface area contributed by atoms with E-state index < -0.39 is 6.03 Å². The molecule has 3 aliphatic heterocycles. The van der Waals surface area contributed by atoms with Crippen molar-refractivity contribution >= 4 is 29.6 Å². The fraction of sp³-hybridized carbons (Fsp3) is 0.875. The molecule has 5 rings (SSSR count). The summed E-state index contributed by atoms with van der Waals surface area (Å²) in [5.41, 5.74) is 6.05. The summed E-state index contributed by atoms with van der Waals surface area (Å²) in [6, 6.07) is 0.300. The van der Waals surface area contributed by atoms with Crippen LogP contribution in [0.25, 0.3) is 0 Å². The lowest BCUT2D eigenvalue weighted by Gasteiger charge is -2.50. The molecular weight excluding hydrogens is 452 g/mol. The summed E-state index contributed by atoms with van der Waals surface area (Å²) < 4.78 is 0. The third-order valence-electron chi connectivity index (χ3n) is 8.92. The number of fused-ring (bicyclic) bond motifs is 1. The van der Waals surface area contributed by atoms with Crippen LogP contribution in [0.1, 0.15) is 58.8 Å². The monoisotopic (exact) mass is 492 g/mol. The lowest BCUT2D eigenvalue weighted by Crippen LogP contribution is -2.60. The maximum Gasteiger partial charge on any atom is 0.323 e. The van der Waals surface area contributed by atoms with Crippen LogP contribution in [-0.2, 0) is 9.59 Å². The number of carbonyl (C=O) groups is 3. The summed E-state index contributed by atoms with van der Waals surface area (Å²) in [6.07, 6.45) is 6.70. The topological polar surface area (TPSA) is 115 Å². The molecule has 0 radical (unpaired) electrons. The Labute approximate surface area is 206 Å². The fourth-order valence-corrected chi connectivity index (χ4v) is 7.88. The number of likely N-dealkylation sites (tertiary alicyclic amines) is 1. The van der Waals surface area contributed by atoms with Gasteiger partial charge in [0.2, 0.25) is 11.8 Å². The highest BCUT2D eigenvalue weighted by Gasteiger charge is 2.47. The van der Waals surface area contributed by atoms with Gasteiger partial charge in [-0.3, -0.25) is 14.9 Å². The van der Waals surface area contributed by atoms with Crippen LogP contribution < -0.4 is 26.8 Å². The van der Waals surface area contributed by atoms with Crippen LogP contribution >= 0.6 is 11.8 Å². The summed E-state index contributed by atoms with van der Waals surface area (Å²) in [5, 5.41) is 9.31. The lowest BCUT2D eigenvalue weighted by atomic mass is 9.64. The molecule has 10 heteroatoms. The molecule has 5 fully saturated rings. The van der Waals surface area contributed by atoms with Gasteiger partial charge in [-0.25, -0.2) is 15.6 Å². The molecule has 5 N–H and O–H groups in total. The van der Waals surface area contributed by atoms with Gasteiger partial charge in [-0.05, 0) is 75.5 Å². The highest BCUT2D eigenvalue weighted by Crippen LogP contribution is 2.45. The van der Waals surface area contributed by atoms with E-state index in [1.54, 1.807) is 11.8 Å². The van der Waals surface area contributed by atoms with Crippen LogP contribution in [0.3, 0.4) is 0 Å². The van der Waals surface area contributed by atoms with Gasteiger partial charge in [0, 0.05) is 37.5 Å². The summed E-state index contributed by atoms with van der Waals surface area (Å²) in [4.78, 5) is 40.8. The number of rotatable bonds is 4. The van der Waals surface area contributed by atoms with Gasteiger partial charge in [0.05, 0.1) is 5.37 Å². The third-order valence-corrected chi connectivity index (χ3v) is 10.2. The van der Waals surface area contributed by atoms with Gasteiger partial charge in [-0.15, -0.1) is 0 Å². The smallest absolute Gasteiger partial charge is 0.323 e. The molecule has 0 aromatic carbocycles.